The van der Waals surface area contributed by atoms with Gasteiger partial charge in [-0.05, 0) is 56.1 Å². The summed E-state index contributed by atoms with van der Waals surface area (Å²) < 4.78 is 68.1. The van der Waals surface area contributed by atoms with E-state index in [1.165, 1.54) is 0 Å². The monoisotopic (exact) mass is 788 g/mol. The summed E-state index contributed by atoms with van der Waals surface area (Å²) in [5, 5.41) is 1.97. The standard InChI is InChI=1S/C28H21Br2N2O6.CHF3O3S/c29-19-9-5-10-20(30)27(19)37-28(36)26-17-7-1-3-11-21(17)31(22-12-4-2-8-18(22)26)16-6-13-25(35)38-32-23(33)14-15-24(32)34;2-1(3,4)8(5,6)7/h1-5,7-12H,6,13-16H2;(H,5,6,7)/q+1;/p-1. The van der Waals surface area contributed by atoms with Crippen LogP contribution >= 0.6 is 31.9 Å². The van der Waals surface area contributed by atoms with E-state index in [1.807, 2.05) is 59.2 Å². The first kappa shape index (κ1) is 34.9. The Morgan fingerprint density at radius 1 is 0.870 bits per heavy atom. The second-order valence-corrected chi connectivity index (χ2v) is 12.6. The molecule has 0 unspecified atom stereocenters. The number of aryl methyl sites for hydroxylation is 1. The van der Waals surface area contributed by atoms with E-state index in [1.54, 1.807) is 12.1 Å². The Hall–Kier alpha value is -3.93. The average molecular weight is 790 g/mol. The van der Waals surface area contributed by atoms with Crippen molar-refractivity contribution in [2.24, 2.45) is 0 Å². The Balaban J connectivity index is 0.000000533. The normalized spacial score (nSPS) is 13.5. The Kier molecular flexibility index (Phi) is 10.8. The maximum Gasteiger partial charge on any atom is 0.485 e. The summed E-state index contributed by atoms with van der Waals surface area (Å²) in [6.45, 7) is 0.434. The predicted octanol–water partition coefficient (Wildman–Crippen LogP) is 5.46. The summed E-state index contributed by atoms with van der Waals surface area (Å²) in [6.07, 6.45) is 0.494. The van der Waals surface area contributed by atoms with Crippen LogP contribution in [-0.2, 0) is 35.9 Å². The first-order chi connectivity index (χ1) is 21.6. The number of hydrogen-bond donors (Lipinski definition) is 0. The molecule has 0 spiro atoms. The molecule has 4 aromatic rings. The van der Waals surface area contributed by atoms with E-state index in [0.29, 0.717) is 49.1 Å². The molecule has 0 N–H and O–H groups in total. The molecule has 0 saturated carbocycles. The van der Waals surface area contributed by atoms with E-state index in [0.717, 1.165) is 11.0 Å². The highest BCUT2D eigenvalue weighted by atomic mass is 79.9. The number of rotatable bonds is 7. The van der Waals surface area contributed by atoms with Gasteiger partial charge in [0.25, 0.3) is 11.8 Å². The molecular formula is C29H21Br2F3N2O9S. The maximum absolute atomic E-state index is 13.6. The van der Waals surface area contributed by atoms with Crippen LogP contribution in [0, 0.1) is 0 Å². The van der Waals surface area contributed by atoms with Gasteiger partial charge in [0.2, 0.25) is 11.0 Å². The van der Waals surface area contributed by atoms with Crippen molar-refractivity contribution in [3.8, 4) is 5.75 Å². The molecule has 11 nitrogen and oxygen atoms in total. The highest BCUT2D eigenvalue weighted by Crippen LogP contribution is 2.35. The van der Waals surface area contributed by atoms with Crippen LogP contribution in [0.1, 0.15) is 36.0 Å². The van der Waals surface area contributed by atoms with Crippen LogP contribution in [0.2, 0.25) is 0 Å². The molecule has 1 saturated heterocycles. The lowest BCUT2D eigenvalue weighted by atomic mass is 10.0. The molecule has 17 heteroatoms. The average Bonchev–Trinajstić information content (AvgIpc) is 3.30. The molecule has 1 aromatic heterocycles. The predicted molar refractivity (Wildman–Crippen MR) is 161 cm³/mol. The van der Waals surface area contributed by atoms with Gasteiger partial charge in [-0.3, -0.25) is 9.59 Å². The summed E-state index contributed by atoms with van der Waals surface area (Å²) in [4.78, 5) is 54.4. The number of fused-ring (bicyclic) bond motifs is 2. The summed E-state index contributed by atoms with van der Waals surface area (Å²) in [5.41, 5.74) is -3.63. The number of nitrogens with zero attached hydrogens (tertiary/aromatic N) is 2. The highest BCUT2D eigenvalue weighted by Gasteiger charge is 2.37. The number of ether oxygens (including phenoxy) is 1. The lowest BCUT2D eigenvalue weighted by Crippen LogP contribution is -2.37. The Morgan fingerprint density at radius 3 is 1.83 bits per heavy atom. The molecule has 0 radical (unpaired) electrons. The van der Waals surface area contributed by atoms with Gasteiger partial charge in [-0.2, -0.15) is 17.7 Å². The Labute approximate surface area is 275 Å². The third-order valence-corrected chi connectivity index (χ3v) is 8.31. The molecule has 46 heavy (non-hydrogen) atoms. The number of hydroxylamine groups is 2. The van der Waals surface area contributed by atoms with Crippen LogP contribution in [0.15, 0.2) is 75.7 Å². The van der Waals surface area contributed by atoms with Gasteiger partial charge in [0, 0.05) is 31.4 Å². The zero-order valence-corrected chi connectivity index (χ0v) is 27.2. The molecule has 5 rings (SSSR count). The number of hydrogen-bond acceptors (Lipinski definition) is 9. The van der Waals surface area contributed by atoms with Crippen molar-refractivity contribution in [2.45, 2.75) is 37.7 Å². The highest BCUT2D eigenvalue weighted by molar-refractivity contribution is 9.11. The molecule has 1 fully saturated rings. The van der Waals surface area contributed by atoms with Gasteiger partial charge in [-0.25, -0.2) is 18.0 Å². The minimum absolute atomic E-state index is 0.00652. The quantitative estimate of drug-likeness (QED) is 0.0452. The zero-order valence-electron chi connectivity index (χ0n) is 23.3. The van der Waals surface area contributed by atoms with Crippen molar-refractivity contribution >= 4 is 87.5 Å². The van der Waals surface area contributed by atoms with Crippen molar-refractivity contribution in [1.29, 1.82) is 0 Å². The van der Waals surface area contributed by atoms with Crippen LogP contribution in [0.25, 0.3) is 21.8 Å². The largest absolute Gasteiger partial charge is 0.741 e. The van der Waals surface area contributed by atoms with Crippen molar-refractivity contribution < 1.29 is 59.5 Å². The third kappa shape index (κ3) is 7.89. The fourth-order valence-electron chi connectivity index (χ4n) is 4.49. The summed E-state index contributed by atoms with van der Waals surface area (Å²) in [6, 6.07) is 20.4. The molecule has 0 bridgehead atoms. The number of carbonyl (C=O) groups is 4. The molecule has 2 amide bonds. The van der Waals surface area contributed by atoms with Gasteiger partial charge in [0.1, 0.15) is 6.54 Å². The number of amides is 2. The number of pyridine rings is 1. The van der Waals surface area contributed by atoms with Gasteiger partial charge in [0.05, 0.1) is 31.7 Å². The molecule has 3 aromatic carbocycles. The second kappa shape index (κ2) is 14.2. The van der Waals surface area contributed by atoms with E-state index in [9.17, 15) is 32.3 Å². The van der Waals surface area contributed by atoms with Gasteiger partial charge in [0.15, 0.2) is 15.9 Å². The molecular weight excluding hydrogens is 769 g/mol. The fourth-order valence-corrected chi connectivity index (χ4v) is 5.65. The topological polar surface area (TPSA) is 151 Å². The van der Waals surface area contributed by atoms with Gasteiger partial charge < -0.3 is 14.1 Å². The minimum atomic E-state index is -6.09. The van der Waals surface area contributed by atoms with Crippen molar-refractivity contribution in [3.63, 3.8) is 0 Å². The van der Waals surface area contributed by atoms with E-state index in [-0.39, 0.29) is 19.3 Å². The first-order valence-corrected chi connectivity index (χ1v) is 16.2. The fraction of sp³-hybridized carbons (Fsp3) is 0.207. The zero-order chi connectivity index (χ0) is 33.8. The van der Waals surface area contributed by atoms with Crippen molar-refractivity contribution in [3.05, 3.63) is 81.2 Å². The molecule has 2 heterocycles. The summed E-state index contributed by atoms with van der Waals surface area (Å²) in [7, 11) is -6.09. The molecule has 1 aliphatic heterocycles. The molecule has 0 atom stereocenters. The number of halogens is 5. The number of esters is 1. The number of aromatic nitrogens is 1. The van der Waals surface area contributed by atoms with E-state index in [2.05, 4.69) is 31.9 Å². The Bertz CT molecular complexity index is 1880. The van der Waals surface area contributed by atoms with Crippen molar-refractivity contribution in [1.82, 2.24) is 5.06 Å². The van der Waals surface area contributed by atoms with E-state index in [4.69, 9.17) is 22.5 Å². The number of carbonyl (C=O) groups excluding carboxylic acids is 4. The lowest BCUT2D eigenvalue weighted by Gasteiger charge is -2.14. The van der Waals surface area contributed by atoms with Crippen LogP contribution in [0.5, 0.6) is 5.75 Å². The number of imide groups is 1. The van der Waals surface area contributed by atoms with E-state index >= 15 is 0 Å². The number of benzene rings is 3. The SMILES string of the molecule is O=C(CCC[n+]1c2ccccc2c(C(=O)Oc2c(Br)cccc2Br)c2ccccc21)ON1C(=O)CCC1=O.O=S(=O)([O-])C(F)(F)F. The van der Waals surface area contributed by atoms with Crippen LogP contribution in [-0.4, -0.2) is 47.3 Å². The first-order valence-electron chi connectivity index (χ1n) is 13.2. The van der Waals surface area contributed by atoms with Crippen LogP contribution in [0.4, 0.5) is 13.2 Å². The minimum Gasteiger partial charge on any atom is -0.741 e. The van der Waals surface area contributed by atoms with Crippen molar-refractivity contribution in [2.75, 3.05) is 0 Å². The number of para-hydroxylation sites is 3. The number of alkyl halides is 3. The summed E-state index contributed by atoms with van der Waals surface area (Å²) in [5.74, 6) is -1.78. The molecule has 1 aliphatic rings. The smallest absolute Gasteiger partial charge is 0.485 e. The third-order valence-electron chi connectivity index (χ3n) is 6.49. The van der Waals surface area contributed by atoms with Crippen LogP contribution in [0.3, 0.4) is 0 Å². The van der Waals surface area contributed by atoms with Gasteiger partial charge >= 0.3 is 17.4 Å². The van der Waals surface area contributed by atoms with Gasteiger partial charge in [-0.15, -0.1) is 5.06 Å². The molecule has 242 valence electrons. The molecule has 0 aliphatic carbocycles. The Morgan fingerprint density at radius 2 is 1.35 bits per heavy atom. The van der Waals surface area contributed by atoms with E-state index < -0.39 is 39.4 Å². The maximum atomic E-state index is 13.6. The summed E-state index contributed by atoms with van der Waals surface area (Å²) >= 11 is 6.89. The second-order valence-electron chi connectivity index (χ2n) is 9.55. The van der Waals surface area contributed by atoms with Gasteiger partial charge in [-0.1, -0.05) is 30.3 Å². The van der Waals surface area contributed by atoms with Crippen LogP contribution < -0.4 is 9.30 Å². The lowest BCUT2D eigenvalue weighted by molar-refractivity contribution is -0.645.